The van der Waals surface area contributed by atoms with Crippen molar-refractivity contribution in [3.05, 3.63) is 94.9 Å². The minimum atomic E-state index is -0.403. The van der Waals surface area contributed by atoms with Crippen LogP contribution < -0.4 is 15.6 Å². The SMILES string of the molecule is CCCn1nc(C(=O)Nc2ccccc2Oc2ccccc2)c2ccccc2c1=O. The molecule has 0 saturated carbocycles. The summed E-state index contributed by atoms with van der Waals surface area (Å²) in [5.41, 5.74) is 0.524. The molecule has 0 spiro atoms. The normalized spacial score (nSPS) is 10.7. The minimum Gasteiger partial charge on any atom is -0.455 e. The Kier molecular flexibility index (Phi) is 5.57. The Bertz CT molecular complexity index is 1250. The number of carbonyl (C=O) groups excluding carboxylic acids is 1. The Morgan fingerprint density at radius 1 is 0.933 bits per heavy atom. The second kappa shape index (κ2) is 8.61. The highest BCUT2D eigenvalue weighted by atomic mass is 16.5. The van der Waals surface area contributed by atoms with Crippen molar-refractivity contribution in [1.82, 2.24) is 9.78 Å². The Morgan fingerprint density at radius 3 is 2.37 bits per heavy atom. The summed E-state index contributed by atoms with van der Waals surface area (Å²) in [5, 5.41) is 8.23. The molecule has 4 rings (SSSR count). The van der Waals surface area contributed by atoms with Crippen LogP contribution in [0.1, 0.15) is 23.8 Å². The number of rotatable bonds is 6. The van der Waals surface area contributed by atoms with Gasteiger partial charge in [-0.05, 0) is 36.8 Å². The number of carbonyl (C=O) groups is 1. The second-order valence-corrected chi connectivity index (χ2v) is 6.79. The molecular weight excluding hydrogens is 378 g/mol. The number of nitrogens with zero attached hydrogens (tertiary/aromatic N) is 2. The number of fused-ring (bicyclic) bond motifs is 1. The average Bonchev–Trinajstić information content (AvgIpc) is 2.78. The molecule has 3 aromatic carbocycles. The number of anilines is 1. The van der Waals surface area contributed by atoms with Gasteiger partial charge in [0, 0.05) is 11.9 Å². The molecule has 0 aliphatic rings. The Balaban J connectivity index is 1.71. The summed E-state index contributed by atoms with van der Waals surface area (Å²) in [4.78, 5) is 25.8. The maximum atomic E-state index is 13.2. The summed E-state index contributed by atoms with van der Waals surface area (Å²) < 4.78 is 7.28. The van der Waals surface area contributed by atoms with Crippen LogP contribution >= 0.6 is 0 Å². The molecule has 0 bridgehead atoms. The first-order chi connectivity index (χ1) is 14.7. The predicted molar refractivity (Wildman–Crippen MR) is 117 cm³/mol. The van der Waals surface area contributed by atoms with E-state index >= 15 is 0 Å². The monoisotopic (exact) mass is 399 g/mol. The number of para-hydroxylation sites is 3. The molecule has 30 heavy (non-hydrogen) atoms. The van der Waals surface area contributed by atoms with Crippen LogP contribution in [-0.4, -0.2) is 15.7 Å². The molecule has 150 valence electrons. The second-order valence-electron chi connectivity index (χ2n) is 6.79. The van der Waals surface area contributed by atoms with Crippen LogP contribution in [0.15, 0.2) is 83.7 Å². The summed E-state index contributed by atoms with van der Waals surface area (Å²) in [6.07, 6.45) is 0.736. The summed E-state index contributed by atoms with van der Waals surface area (Å²) >= 11 is 0. The zero-order valence-electron chi connectivity index (χ0n) is 16.5. The molecule has 0 atom stereocenters. The molecule has 0 fully saturated rings. The lowest BCUT2D eigenvalue weighted by Crippen LogP contribution is -2.27. The quantitative estimate of drug-likeness (QED) is 0.503. The van der Waals surface area contributed by atoms with E-state index in [9.17, 15) is 9.59 Å². The maximum absolute atomic E-state index is 13.2. The van der Waals surface area contributed by atoms with Crippen molar-refractivity contribution in [3.63, 3.8) is 0 Å². The van der Waals surface area contributed by atoms with Crippen LogP contribution in [0, 0.1) is 0 Å². The number of ether oxygens (including phenoxy) is 1. The van der Waals surface area contributed by atoms with E-state index in [1.165, 1.54) is 4.68 Å². The van der Waals surface area contributed by atoms with Gasteiger partial charge in [0.2, 0.25) is 0 Å². The Hall–Kier alpha value is -3.93. The van der Waals surface area contributed by atoms with Gasteiger partial charge in [-0.1, -0.05) is 55.5 Å². The predicted octanol–water partition coefficient (Wildman–Crippen LogP) is 4.85. The van der Waals surface area contributed by atoms with Crippen molar-refractivity contribution in [2.75, 3.05) is 5.32 Å². The average molecular weight is 399 g/mol. The first-order valence-corrected chi connectivity index (χ1v) is 9.80. The lowest BCUT2D eigenvalue weighted by atomic mass is 10.1. The van der Waals surface area contributed by atoms with Crippen LogP contribution in [-0.2, 0) is 6.54 Å². The topological polar surface area (TPSA) is 73.2 Å². The molecule has 1 heterocycles. The van der Waals surface area contributed by atoms with Gasteiger partial charge in [-0.3, -0.25) is 9.59 Å². The molecule has 6 heteroatoms. The molecular formula is C24H21N3O3. The standard InChI is InChI=1S/C24H21N3O3/c1-2-16-27-24(29)19-13-7-6-12-18(19)22(26-27)23(28)25-20-14-8-9-15-21(20)30-17-10-4-3-5-11-17/h3-15H,2,16H2,1H3,(H,25,28). The summed E-state index contributed by atoms with van der Waals surface area (Å²) in [6.45, 7) is 2.40. The number of aryl methyl sites for hydroxylation is 1. The van der Waals surface area contributed by atoms with Crippen LogP contribution in [0.4, 0.5) is 5.69 Å². The van der Waals surface area contributed by atoms with E-state index in [1.807, 2.05) is 49.4 Å². The third-order valence-electron chi connectivity index (χ3n) is 4.62. The molecule has 6 nitrogen and oxygen atoms in total. The Labute approximate surface area is 173 Å². The number of amides is 1. The minimum absolute atomic E-state index is 0.197. The fourth-order valence-electron chi connectivity index (χ4n) is 3.22. The molecule has 1 aromatic heterocycles. The summed E-state index contributed by atoms with van der Waals surface area (Å²) in [5.74, 6) is 0.780. The smallest absolute Gasteiger partial charge is 0.276 e. The van der Waals surface area contributed by atoms with Gasteiger partial charge < -0.3 is 10.1 Å². The van der Waals surface area contributed by atoms with Gasteiger partial charge in [-0.15, -0.1) is 0 Å². The molecule has 0 aliphatic heterocycles. The van der Waals surface area contributed by atoms with E-state index < -0.39 is 5.91 Å². The zero-order valence-corrected chi connectivity index (χ0v) is 16.5. The Morgan fingerprint density at radius 2 is 1.60 bits per heavy atom. The van der Waals surface area contributed by atoms with Crippen molar-refractivity contribution < 1.29 is 9.53 Å². The molecule has 0 unspecified atom stereocenters. The number of benzene rings is 3. The van der Waals surface area contributed by atoms with Crippen molar-refractivity contribution in [1.29, 1.82) is 0 Å². The number of nitrogens with one attached hydrogen (secondary N) is 1. The van der Waals surface area contributed by atoms with Crippen LogP contribution in [0.5, 0.6) is 11.5 Å². The molecule has 1 amide bonds. The summed E-state index contributed by atoms with van der Waals surface area (Å²) in [7, 11) is 0. The van der Waals surface area contributed by atoms with Crippen molar-refractivity contribution in [2.24, 2.45) is 0 Å². The van der Waals surface area contributed by atoms with Gasteiger partial charge in [0.15, 0.2) is 11.4 Å². The first-order valence-electron chi connectivity index (χ1n) is 9.80. The van der Waals surface area contributed by atoms with Gasteiger partial charge in [0.05, 0.1) is 11.1 Å². The van der Waals surface area contributed by atoms with Crippen molar-refractivity contribution in [2.45, 2.75) is 19.9 Å². The lowest BCUT2D eigenvalue weighted by molar-refractivity contribution is 0.102. The fourth-order valence-corrected chi connectivity index (χ4v) is 3.22. The van der Waals surface area contributed by atoms with Gasteiger partial charge >= 0.3 is 0 Å². The largest absolute Gasteiger partial charge is 0.455 e. The highest BCUT2D eigenvalue weighted by Gasteiger charge is 2.18. The van der Waals surface area contributed by atoms with E-state index in [4.69, 9.17) is 4.74 Å². The highest BCUT2D eigenvalue weighted by molar-refractivity contribution is 6.11. The molecule has 4 aromatic rings. The zero-order chi connectivity index (χ0) is 20.9. The summed E-state index contributed by atoms with van der Waals surface area (Å²) in [6, 6.07) is 23.6. The van der Waals surface area contributed by atoms with E-state index in [1.54, 1.807) is 36.4 Å². The fraction of sp³-hybridized carbons (Fsp3) is 0.125. The van der Waals surface area contributed by atoms with E-state index in [0.717, 1.165) is 6.42 Å². The van der Waals surface area contributed by atoms with E-state index in [2.05, 4.69) is 10.4 Å². The third-order valence-corrected chi connectivity index (χ3v) is 4.62. The van der Waals surface area contributed by atoms with Gasteiger partial charge in [0.1, 0.15) is 5.75 Å². The number of hydrogen-bond donors (Lipinski definition) is 1. The van der Waals surface area contributed by atoms with Gasteiger partial charge in [0.25, 0.3) is 11.5 Å². The van der Waals surface area contributed by atoms with Crippen molar-refractivity contribution in [3.8, 4) is 11.5 Å². The van der Waals surface area contributed by atoms with Gasteiger partial charge in [-0.2, -0.15) is 5.10 Å². The van der Waals surface area contributed by atoms with Gasteiger partial charge in [-0.25, -0.2) is 4.68 Å². The number of hydrogen-bond acceptors (Lipinski definition) is 4. The van der Waals surface area contributed by atoms with Crippen molar-refractivity contribution >= 4 is 22.4 Å². The van der Waals surface area contributed by atoms with E-state index in [0.29, 0.717) is 34.5 Å². The van der Waals surface area contributed by atoms with Crippen LogP contribution in [0.2, 0.25) is 0 Å². The number of aromatic nitrogens is 2. The first kappa shape index (κ1) is 19.4. The lowest BCUT2D eigenvalue weighted by Gasteiger charge is -2.13. The maximum Gasteiger partial charge on any atom is 0.276 e. The molecule has 0 aliphatic carbocycles. The van der Waals surface area contributed by atoms with Crippen LogP contribution in [0.25, 0.3) is 10.8 Å². The van der Waals surface area contributed by atoms with E-state index in [-0.39, 0.29) is 11.3 Å². The van der Waals surface area contributed by atoms with Crippen LogP contribution in [0.3, 0.4) is 0 Å². The third kappa shape index (κ3) is 3.93. The molecule has 1 N–H and O–H groups in total. The molecule has 0 radical (unpaired) electrons. The highest BCUT2D eigenvalue weighted by Crippen LogP contribution is 2.29. The molecule has 0 saturated heterocycles.